The molecule has 1 aliphatic heterocycles. The lowest BCUT2D eigenvalue weighted by atomic mass is 10.0. The van der Waals surface area contributed by atoms with E-state index in [0.717, 1.165) is 30.4 Å². The molecular weight excluding hydrogens is 316 g/mol. The first-order valence-corrected chi connectivity index (χ1v) is 8.46. The number of anilines is 1. The van der Waals surface area contributed by atoms with E-state index in [1.807, 2.05) is 12.1 Å². The normalized spacial score (nSPS) is 20.6. The maximum absolute atomic E-state index is 12.0. The Hall–Kier alpha value is -0.590. The van der Waals surface area contributed by atoms with Gasteiger partial charge in [0.2, 0.25) is 10.0 Å². The Morgan fingerprint density at radius 1 is 1.44 bits per heavy atom. The smallest absolute Gasteiger partial charge is 0.233 e. The zero-order valence-electron chi connectivity index (χ0n) is 10.0. The number of halogens is 1. The quantitative estimate of drug-likeness (QED) is 0.888. The fraction of sp³-hybridized carbons (Fsp3) is 0.500. The van der Waals surface area contributed by atoms with Crippen molar-refractivity contribution in [1.29, 1.82) is 0 Å². The van der Waals surface area contributed by atoms with Crippen molar-refractivity contribution in [3.05, 3.63) is 28.7 Å². The predicted molar refractivity (Wildman–Crippen MR) is 77.1 cm³/mol. The van der Waals surface area contributed by atoms with Gasteiger partial charge in [0.15, 0.2) is 0 Å². The molecule has 1 fully saturated rings. The molecule has 2 rings (SSSR count). The van der Waals surface area contributed by atoms with Crippen molar-refractivity contribution in [3.63, 3.8) is 0 Å². The molecule has 0 amide bonds. The Kier molecular flexibility index (Phi) is 4.64. The van der Waals surface area contributed by atoms with Crippen molar-refractivity contribution in [2.75, 3.05) is 23.6 Å². The van der Waals surface area contributed by atoms with E-state index in [9.17, 15) is 8.42 Å². The Morgan fingerprint density at radius 2 is 2.28 bits per heavy atom. The van der Waals surface area contributed by atoms with Gasteiger partial charge in [0, 0.05) is 10.2 Å². The van der Waals surface area contributed by atoms with Gasteiger partial charge < -0.3 is 5.32 Å². The van der Waals surface area contributed by atoms with Crippen molar-refractivity contribution in [2.24, 2.45) is 5.92 Å². The molecule has 0 aliphatic carbocycles. The van der Waals surface area contributed by atoms with Crippen LogP contribution in [0.15, 0.2) is 28.7 Å². The van der Waals surface area contributed by atoms with E-state index in [0.29, 0.717) is 5.69 Å². The van der Waals surface area contributed by atoms with Gasteiger partial charge in [-0.3, -0.25) is 4.72 Å². The van der Waals surface area contributed by atoms with Crippen LogP contribution in [0.1, 0.15) is 12.8 Å². The van der Waals surface area contributed by atoms with Gasteiger partial charge in [-0.15, -0.1) is 0 Å². The molecule has 0 aromatic heterocycles. The second-order valence-corrected chi connectivity index (χ2v) is 7.29. The molecule has 1 saturated heterocycles. The standard InChI is InChI=1S/C12H17BrN2O2S/c13-11-4-1-5-12(7-11)15-18(16,17)9-10-3-2-6-14-8-10/h1,4-5,7,10,14-15H,2-3,6,8-9H2. The third-order valence-corrected chi connectivity index (χ3v) is 4.90. The summed E-state index contributed by atoms with van der Waals surface area (Å²) in [6.45, 7) is 1.79. The molecule has 18 heavy (non-hydrogen) atoms. The highest BCUT2D eigenvalue weighted by Gasteiger charge is 2.21. The molecule has 1 aromatic carbocycles. The highest BCUT2D eigenvalue weighted by molar-refractivity contribution is 9.10. The molecule has 0 saturated carbocycles. The van der Waals surface area contributed by atoms with Crippen molar-refractivity contribution >= 4 is 31.6 Å². The van der Waals surface area contributed by atoms with Crippen molar-refractivity contribution in [3.8, 4) is 0 Å². The SMILES string of the molecule is O=S(=O)(CC1CCCNC1)Nc1cccc(Br)c1. The molecule has 1 aromatic rings. The molecule has 0 bridgehead atoms. The lowest BCUT2D eigenvalue weighted by Crippen LogP contribution is -2.35. The van der Waals surface area contributed by atoms with E-state index < -0.39 is 10.0 Å². The summed E-state index contributed by atoms with van der Waals surface area (Å²) in [5, 5.41) is 3.23. The van der Waals surface area contributed by atoms with Crippen LogP contribution in [0.2, 0.25) is 0 Å². The number of rotatable bonds is 4. The number of piperidine rings is 1. The molecule has 1 atom stereocenters. The minimum Gasteiger partial charge on any atom is -0.316 e. The Bertz CT molecular complexity index is 499. The van der Waals surface area contributed by atoms with Crippen LogP contribution in [0.25, 0.3) is 0 Å². The first kappa shape index (κ1) is 13.8. The molecule has 1 heterocycles. The Labute approximate surface area is 116 Å². The minimum absolute atomic E-state index is 0.187. The van der Waals surface area contributed by atoms with Crippen molar-refractivity contribution in [1.82, 2.24) is 5.32 Å². The van der Waals surface area contributed by atoms with Gasteiger partial charge in [-0.25, -0.2) is 8.42 Å². The van der Waals surface area contributed by atoms with E-state index in [-0.39, 0.29) is 11.7 Å². The van der Waals surface area contributed by atoms with Crippen LogP contribution in [-0.4, -0.2) is 27.3 Å². The second kappa shape index (κ2) is 6.04. The van der Waals surface area contributed by atoms with Gasteiger partial charge in [0.25, 0.3) is 0 Å². The topological polar surface area (TPSA) is 58.2 Å². The van der Waals surface area contributed by atoms with Crippen LogP contribution < -0.4 is 10.0 Å². The van der Waals surface area contributed by atoms with E-state index >= 15 is 0 Å². The van der Waals surface area contributed by atoms with Gasteiger partial charge in [0.1, 0.15) is 0 Å². The lowest BCUT2D eigenvalue weighted by Gasteiger charge is -2.22. The maximum atomic E-state index is 12.0. The summed E-state index contributed by atoms with van der Waals surface area (Å²) in [6.07, 6.45) is 2.03. The van der Waals surface area contributed by atoms with Crippen LogP contribution in [0.4, 0.5) is 5.69 Å². The third-order valence-electron chi connectivity index (χ3n) is 2.95. The number of hydrogen-bond donors (Lipinski definition) is 2. The van der Waals surface area contributed by atoms with Crippen molar-refractivity contribution < 1.29 is 8.42 Å². The largest absolute Gasteiger partial charge is 0.316 e. The van der Waals surface area contributed by atoms with Gasteiger partial charge in [-0.1, -0.05) is 22.0 Å². The molecule has 0 spiro atoms. The summed E-state index contributed by atoms with van der Waals surface area (Å²) in [6, 6.07) is 7.19. The van der Waals surface area contributed by atoms with Crippen LogP contribution in [-0.2, 0) is 10.0 Å². The minimum atomic E-state index is -3.26. The van der Waals surface area contributed by atoms with Gasteiger partial charge in [-0.2, -0.15) is 0 Å². The average Bonchev–Trinajstić information content (AvgIpc) is 2.28. The van der Waals surface area contributed by atoms with Gasteiger partial charge >= 0.3 is 0 Å². The fourth-order valence-corrected chi connectivity index (χ4v) is 4.02. The number of hydrogen-bond acceptors (Lipinski definition) is 3. The molecule has 0 radical (unpaired) electrons. The number of sulfonamides is 1. The first-order valence-electron chi connectivity index (χ1n) is 6.02. The summed E-state index contributed by atoms with van der Waals surface area (Å²) in [4.78, 5) is 0. The second-order valence-electron chi connectivity index (χ2n) is 4.61. The van der Waals surface area contributed by atoms with Crippen LogP contribution >= 0.6 is 15.9 Å². The Morgan fingerprint density at radius 3 is 2.94 bits per heavy atom. The van der Waals surface area contributed by atoms with Gasteiger partial charge in [0.05, 0.1) is 5.75 Å². The number of benzene rings is 1. The highest BCUT2D eigenvalue weighted by atomic mass is 79.9. The Balaban J connectivity index is 1.98. The summed E-state index contributed by atoms with van der Waals surface area (Å²) in [5.41, 5.74) is 0.605. The van der Waals surface area contributed by atoms with E-state index in [4.69, 9.17) is 0 Å². The third kappa shape index (κ3) is 4.26. The van der Waals surface area contributed by atoms with E-state index in [2.05, 4.69) is 26.0 Å². The van der Waals surface area contributed by atoms with Crippen LogP contribution in [0.3, 0.4) is 0 Å². The first-order chi connectivity index (χ1) is 8.55. The van der Waals surface area contributed by atoms with Gasteiger partial charge in [-0.05, 0) is 50.0 Å². The van der Waals surface area contributed by atoms with Crippen LogP contribution in [0.5, 0.6) is 0 Å². The monoisotopic (exact) mass is 332 g/mol. The summed E-state index contributed by atoms with van der Waals surface area (Å²) in [5.74, 6) is 0.399. The fourth-order valence-electron chi connectivity index (χ4n) is 2.15. The van der Waals surface area contributed by atoms with E-state index in [1.165, 1.54) is 0 Å². The summed E-state index contributed by atoms with van der Waals surface area (Å²) in [7, 11) is -3.26. The number of nitrogens with one attached hydrogen (secondary N) is 2. The molecule has 1 unspecified atom stereocenters. The molecule has 4 nitrogen and oxygen atoms in total. The summed E-state index contributed by atoms with van der Waals surface area (Å²) >= 11 is 3.32. The molecule has 1 aliphatic rings. The van der Waals surface area contributed by atoms with Crippen molar-refractivity contribution in [2.45, 2.75) is 12.8 Å². The molecular formula is C12H17BrN2O2S. The zero-order chi connectivity index (χ0) is 13.0. The molecule has 100 valence electrons. The zero-order valence-corrected chi connectivity index (χ0v) is 12.4. The van der Waals surface area contributed by atoms with E-state index in [1.54, 1.807) is 12.1 Å². The molecule has 6 heteroatoms. The predicted octanol–water partition coefficient (Wildman–Crippen LogP) is 2.19. The van der Waals surface area contributed by atoms with Crippen LogP contribution in [0, 0.1) is 5.92 Å². The maximum Gasteiger partial charge on any atom is 0.233 e. The highest BCUT2D eigenvalue weighted by Crippen LogP contribution is 2.19. The average molecular weight is 333 g/mol. The molecule has 2 N–H and O–H groups in total. The lowest BCUT2D eigenvalue weighted by molar-refractivity contribution is 0.404. The summed E-state index contributed by atoms with van der Waals surface area (Å²) < 4.78 is 27.5.